The molecular weight excluding hydrogens is 411 g/mol. The van der Waals surface area contributed by atoms with Gasteiger partial charge in [0.15, 0.2) is 6.10 Å². The highest BCUT2D eigenvalue weighted by Gasteiger charge is 2.36. The fourth-order valence-electron chi connectivity index (χ4n) is 2.26. The summed E-state index contributed by atoms with van der Waals surface area (Å²) in [6.07, 6.45) is -3.07. The van der Waals surface area contributed by atoms with Crippen molar-refractivity contribution in [2.45, 2.75) is 38.9 Å². The molecule has 0 aliphatic rings. The average Bonchev–Trinajstić information content (AvgIpc) is 2.49. The van der Waals surface area contributed by atoms with Crippen molar-refractivity contribution in [3.63, 3.8) is 0 Å². The minimum atomic E-state index is -4.75. The molecule has 0 aromatic heterocycles. The summed E-state index contributed by atoms with van der Waals surface area (Å²) in [7, 11) is 0.712. The summed E-state index contributed by atoms with van der Waals surface area (Å²) in [5, 5.41) is 21.3. The first kappa shape index (κ1) is 27.4. The predicted octanol–water partition coefficient (Wildman–Crippen LogP) is -0.918. The summed E-state index contributed by atoms with van der Waals surface area (Å²) in [4.78, 5) is 52.3. The molecule has 0 radical (unpaired) electrons. The third-order valence-electron chi connectivity index (χ3n) is 3.67. The third-order valence-corrected chi connectivity index (χ3v) is 4.14. The summed E-state index contributed by atoms with van der Waals surface area (Å²) in [5.41, 5.74) is -1.30. The summed E-state index contributed by atoms with van der Waals surface area (Å²) in [6.45, 7) is 2.30. The summed E-state index contributed by atoms with van der Waals surface area (Å²) in [5.74, 6) is -2.67. The SMILES string of the molecule is CC(C)(COP(=O)(O)O)C(O)C(=O)NCCC(=O)OC(CC(=O)O)C[N+](C)(C)C. The molecule has 12 nitrogen and oxygen atoms in total. The number of amides is 1. The number of aliphatic carboxylic acids is 1. The lowest BCUT2D eigenvalue weighted by Gasteiger charge is -2.29. The minimum absolute atomic E-state index is 0.172. The molecule has 0 aromatic rings. The number of quaternary nitrogens is 1. The van der Waals surface area contributed by atoms with Crippen molar-refractivity contribution >= 4 is 25.7 Å². The van der Waals surface area contributed by atoms with Gasteiger partial charge >= 0.3 is 19.8 Å². The number of aliphatic hydroxyl groups is 1. The van der Waals surface area contributed by atoms with Crippen LogP contribution < -0.4 is 5.32 Å². The molecular formula is C16H32N2O10P+. The number of nitrogens with one attached hydrogen (secondary N) is 1. The second-order valence-corrected chi connectivity index (χ2v) is 9.62. The van der Waals surface area contributed by atoms with Crippen molar-refractivity contribution in [1.29, 1.82) is 0 Å². The van der Waals surface area contributed by atoms with Gasteiger partial charge in [-0.1, -0.05) is 13.8 Å². The lowest BCUT2D eigenvalue weighted by atomic mass is 9.87. The standard InChI is InChI=1S/C16H31N2O10P/c1-16(2,10-27-29(24,25)26)14(22)15(23)17-7-6-13(21)28-11(8-12(19)20)9-18(3,4)5/h11,14,22H,6-10H2,1-5H3,(H3-,17,19,20,23,24,25,26)/p+1. The Morgan fingerprint density at radius 3 is 2.17 bits per heavy atom. The van der Waals surface area contributed by atoms with E-state index in [1.165, 1.54) is 13.8 Å². The van der Waals surface area contributed by atoms with Gasteiger partial charge in [0.25, 0.3) is 0 Å². The maximum absolute atomic E-state index is 12.0. The zero-order valence-electron chi connectivity index (χ0n) is 17.3. The van der Waals surface area contributed by atoms with E-state index < -0.39 is 49.9 Å². The number of carboxylic acids is 1. The number of hydrogen-bond acceptors (Lipinski definition) is 7. The van der Waals surface area contributed by atoms with E-state index in [0.29, 0.717) is 4.48 Å². The van der Waals surface area contributed by atoms with Gasteiger partial charge in [0.1, 0.15) is 12.6 Å². The molecule has 0 saturated carbocycles. The van der Waals surface area contributed by atoms with Crippen molar-refractivity contribution in [3.05, 3.63) is 0 Å². The number of ether oxygens (including phenoxy) is 1. The largest absolute Gasteiger partial charge is 0.481 e. The van der Waals surface area contributed by atoms with E-state index in [0.717, 1.165) is 0 Å². The van der Waals surface area contributed by atoms with E-state index >= 15 is 0 Å². The quantitative estimate of drug-likeness (QED) is 0.136. The van der Waals surface area contributed by atoms with Crippen molar-refractivity contribution in [2.75, 3.05) is 40.8 Å². The van der Waals surface area contributed by atoms with Crippen LogP contribution in [0.3, 0.4) is 0 Å². The van der Waals surface area contributed by atoms with Crippen LogP contribution >= 0.6 is 7.82 Å². The topological polar surface area (TPSA) is 180 Å². The number of phosphoric ester groups is 1. The molecule has 0 aliphatic carbocycles. The van der Waals surface area contributed by atoms with Crippen molar-refractivity contribution < 1.29 is 52.7 Å². The maximum atomic E-state index is 12.0. The van der Waals surface area contributed by atoms with Gasteiger partial charge in [0, 0.05) is 12.0 Å². The van der Waals surface area contributed by atoms with Gasteiger partial charge in [0.2, 0.25) is 5.91 Å². The Morgan fingerprint density at radius 1 is 1.17 bits per heavy atom. The Labute approximate surface area is 169 Å². The number of esters is 1. The lowest BCUT2D eigenvalue weighted by molar-refractivity contribution is -0.873. The van der Waals surface area contributed by atoms with Gasteiger partial charge < -0.3 is 34.5 Å². The van der Waals surface area contributed by atoms with E-state index in [4.69, 9.17) is 19.6 Å². The first-order valence-electron chi connectivity index (χ1n) is 8.80. The van der Waals surface area contributed by atoms with Crippen molar-refractivity contribution in [3.8, 4) is 0 Å². The van der Waals surface area contributed by atoms with Crippen LogP contribution in [0.4, 0.5) is 0 Å². The van der Waals surface area contributed by atoms with Crippen LogP contribution in [-0.2, 0) is 28.2 Å². The fraction of sp³-hybridized carbons (Fsp3) is 0.812. The molecule has 0 aliphatic heterocycles. The average molecular weight is 443 g/mol. The normalized spacial score (nSPS) is 14.8. The molecule has 2 unspecified atom stereocenters. The van der Waals surface area contributed by atoms with Crippen LogP contribution in [0, 0.1) is 5.41 Å². The van der Waals surface area contributed by atoms with Crippen molar-refractivity contribution in [1.82, 2.24) is 5.32 Å². The van der Waals surface area contributed by atoms with Crippen LogP contribution in [0.25, 0.3) is 0 Å². The smallest absolute Gasteiger partial charge is 0.469 e. The number of likely N-dealkylation sites (N-methyl/N-ethyl adjacent to an activating group) is 1. The Morgan fingerprint density at radius 2 is 1.72 bits per heavy atom. The highest BCUT2D eigenvalue weighted by molar-refractivity contribution is 7.46. The summed E-state index contributed by atoms with van der Waals surface area (Å²) < 4.78 is 20.6. The molecule has 13 heteroatoms. The minimum Gasteiger partial charge on any atom is -0.481 e. The molecule has 0 aromatic carbocycles. The number of phosphoric acid groups is 1. The molecule has 170 valence electrons. The van der Waals surface area contributed by atoms with Gasteiger partial charge in [-0.25, -0.2) is 4.57 Å². The van der Waals surface area contributed by atoms with Crippen LogP contribution in [0.2, 0.25) is 0 Å². The van der Waals surface area contributed by atoms with Gasteiger partial charge in [0.05, 0.1) is 40.6 Å². The number of aliphatic hydroxyl groups excluding tert-OH is 1. The van der Waals surface area contributed by atoms with E-state index in [-0.39, 0.29) is 25.9 Å². The molecule has 0 rings (SSSR count). The molecule has 29 heavy (non-hydrogen) atoms. The Balaban J connectivity index is 4.57. The highest BCUT2D eigenvalue weighted by atomic mass is 31.2. The number of nitrogens with zero attached hydrogens (tertiary/aromatic N) is 1. The van der Waals surface area contributed by atoms with Gasteiger partial charge in [-0.2, -0.15) is 0 Å². The monoisotopic (exact) mass is 443 g/mol. The molecule has 0 spiro atoms. The summed E-state index contributed by atoms with van der Waals surface area (Å²) >= 11 is 0. The molecule has 0 bridgehead atoms. The van der Waals surface area contributed by atoms with E-state index in [1.807, 2.05) is 21.1 Å². The van der Waals surface area contributed by atoms with E-state index in [2.05, 4.69) is 9.84 Å². The van der Waals surface area contributed by atoms with Crippen LogP contribution in [0.5, 0.6) is 0 Å². The number of carbonyl (C=O) groups excluding carboxylic acids is 2. The Hall–Kier alpha value is -1.56. The molecule has 1 amide bonds. The van der Waals surface area contributed by atoms with Crippen LogP contribution in [-0.4, -0.2) is 95.4 Å². The van der Waals surface area contributed by atoms with Crippen LogP contribution in [0.15, 0.2) is 0 Å². The van der Waals surface area contributed by atoms with E-state index in [9.17, 15) is 24.1 Å². The molecule has 0 saturated heterocycles. The predicted molar refractivity (Wildman–Crippen MR) is 100 cm³/mol. The molecule has 0 fully saturated rings. The number of hydrogen-bond donors (Lipinski definition) is 5. The van der Waals surface area contributed by atoms with Crippen molar-refractivity contribution in [2.24, 2.45) is 5.41 Å². The van der Waals surface area contributed by atoms with Gasteiger partial charge in [-0.3, -0.25) is 18.9 Å². The van der Waals surface area contributed by atoms with Gasteiger partial charge in [-0.15, -0.1) is 0 Å². The Kier molecular flexibility index (Phi) is 10.4. The van der Waals surface area contributed by atoms with Crippen LogP contribution in [0.1, 0.15) is 26.7 Å². The lowest BCUT2D eigenvalue weighted by Crippen LogP contribution is -2.46. The number of carboxylic acid groups (broad SMARTS) is 1. The number of rotatable bonds is 13. The Bertz CT molecular complexity index is 626. The zero-order valence-corrected chi connectivity index (χ0v) is 18.2. The second-order valence-electron chi connectivity index (χ2n) is 8.38. The first-order chi connectivity index (χ1) is 12.9. The summed E-state index contributed by atoms with van der Waals surface area (Å²) in [6, 6.07) is 0. The zero-order chi connectivity index (χ0) is 23.0. The maximum Gasteiger partial charge on any atom is 0.469 e. The molecule has 0 heterocycles. The fourth-order valence-corrected chi connectivity index (χ4v) is 2.76. The molecule has 2 atom stereocenters. The third kappa shape index (κ3) is 13.3. The second kappa shape index (κ2) is 11.0. The number of carbonyl (C=O) groups is 3. The molecule has 5 N–H and O–H groups in total. The van der Waals surface area contributed by atoms with Gasteiger partial charge in [-0.05, 0) is 0 Å². The van der Waals surface area contributed by atoms with E-state index in [1.54, 1.807) is 0 Å². The first-order valence-corrected chi connectivity index (χ1v) is 10.3. The highest BCUT2D eigenvalue weighted by Crippen LogP contribution is 2.38.